The van der Waals surface area contributed by atoms with Gasteiger partial charge in [0.05, 0.1) is 19.8 Å². The van der Waals surface area contributed by atoms with Crippen LogP contribution in [0.2, 0.25) is 5.02 Å². The summed E-state index contributed by atoms with van der Waals surface area (Å²) < 4.78 is 10.4. The monoisotopic (exact) mass is 460 g/mol. The molecule has 172 valence electrons. The van der Waals surface area contributed by atoms with Crippen molar-refractivity contribution in [2.75, 3.05) is 33.9 Å². The molecule has 7 nitrogen and oxygen atoms in total. The molecule has 1 aliphatic rings. The van der Waals surface area contributed by atoms with E-state index in [0.717, 1.165) is 16.7 Å². The smallest absolute Gasteiger partial charge is 0.407 e. The first-order chi connectivity index (χ1) is 15.4. The van der Waals surface area contributed by atoms with Crippen LogP contribution in [0.4, 0.5) is 4.79 Å². The third kappa shape index (κ3) is 6.00. The highest BCUT2D eigenvalue weighted by atomic mass is 35.5. The van der Waals surface area contributed by atoms with E-state index in [0.29, 0.717) is 44.1 Å². The van der Waals surface area contributed by atoms with Crippen LogP contribution in [0.5, 0.6) is 0 Å². The Bertz CT molecular complexity index is 921. The van der Waals surface area contributed by atoms with Crippen molar-refractivity contribution in [1.29, 1.82) is 0 Å². The van der Waals surface area contributed by atoms with Gasteiger partial charge in [0.25, 0.3) is 0 Å². The number of halogens is 1. The Morgan fingerprint density at radius 3 is 2.47 bits per heavy atom. The van der Waals surface area contributed by atoms with Gasteiger partial charge in [0.2, 0.25) is 0 Å². The number of amides is 1. The van der Waals surface area contributed by atoms with Crippen molar-refractivity contribution in [1.82, 2.24) is 9.80 Å². The zero-order chi connectivity index (χ0) is 23.1. The van der Waals surface area contributed by atoms with Gasteiger partial charge in [0.15, 0.2) is 0 Å². The fraction of sp³-hybridized carbons (Fsp3) is 0.417. The van der Waals surface area contributed by atoms with Gasteiger partial charge in [-0.2, -0.15) is 0 Å². The van der Waals surface area contributed by atoms with Crippen molar-refractivity contribution < 1.29 is 24.2 Å². The van der Waals surface area contributed by atoms with Gasteiger partial charge in [-0.05, 0) is 41.7 Å². The van der Waals surface area contributed by atoms with Crippen molar-refractivity contribution in [3.05, 3.63) is 70.2 Å². The van der Waals surface area contributed by atoms with Gasteiger partial charge in [0.1, 0.15) is 6.04 Å². The first kappa shape index (κ1) is 24.0. The van der Waals surface area contributed by atoms with Gasteiger partial charge >= 0.3 is 12.1 Å². The van der Waals surface area contributed by atoms with Crippen LogP contribution in [0.15, 0.2) is 48.5 Å². The van der Waals surface area contributed by atoms with Crippen molar-refractivity contribution >= 4 is 23.7 Å². The van der Waals surface area contributed by atoms with Crippen LogP contribution in [0.3, 0.4) is 0 Å². The Kier molecular flexibility index (Phi) is 8.50. The van der Waals surface area contributed by atoms with E-state index in [1.807, 2.05) is 41.3 Å². The molecular formula is C24H29ClN2O5. The summed E-state index contributed by atoms with van der Waals surface area (Å²) in [5.74, 6) is -0.367. The molecule has 2 atom stereocenters. The number of hydrogen-bond acceptors (Lipinski definition) is 5. The number of rotatable bonds is 9. The lowest BCUT2D eigenvalue weighted by Crippen LogP contribution is -2.54. The summed E-state index contributed by atoms with van der Waals surface area (Å²) in [6.07, 6.45) is 0.0357. The fourth-order valence-corrected chi connectivity index (χ4v) is 4.30. The molecule has 1 aliphatic heterocycles. The lowest BCUT2D eigenvalue weighted by molar-refractivity contribution is -0.147. The van der Waals surface area contributed by atoms with E-state index in [1.54, 1.807) is 19.2 Å². The fourth-order valence-electron chi connectivity index (χ4n) is 4.17. The second-order valence-corrected chi connectivity index (χ2v) is 8.33. The number of benzene rings is 2. The normalized spacial score (nSPS) is 16.5. The summed E-state index contributed by atoms with van der Waals surface area (Å²) in [5.41, 5.74) is 3.09. The molecule has 0 aromatic heterocycles. The Balaban J connectivity index is 1.87. The molecule has 3 rings (SSSR count). The van der Waals surface area contributed by atoms with Gasteiger partial charge < -0.3 is 14.6 Å². The predicted molar refractivity (Wildman–Crippen MR) is 122 cm³/mol. The molecule has 8 heteroatoms. The van der Waals surface area contributed by atoms with Crippen LogP contribution in [-0.2, 0) is 33.7 Å². The van der Waals surface area contributed by atoms with Crippen molar-refractivity contribution in [3.8, 4) is 0 Å². The lowest BCUT2D eigenvalue weighted by Gasteiger charge is -2.39. The van der Waals surface area contributed by atoms with E-state index < -0.39 is 12.1 Å². The maximum atomic E-state index is 12.8. The molecule has 2 aromatic carbocycles. The number of nitrogens with zero attached hydrogens (tertiary/aromatic N) is 2. The number of carbonyl (C=O) groups is 2. The molecule has 1 N–H and O–H groups in total. The zero-order valence-corrected chi connectivity index (χ0v) is 19.1. The third-order valence-electron chi connectivity index (χ3n) is 5.89. The molecule has 0 fully saturated rings. The van der Waals surface area contributed by atoms with Crippen molar-refractivity contribution in [2.45, 2.75) is 31.5 Å². The Morgan fingerprint density at radius 2 is 1.84 bits per heavy atom. The minimum absolute atomic E-state index is 0.295. The third-order valence-corrected chi connectivity index (χ3v) is 6.14. The van der Waals surface area contributed by atoms with E-state index in [1.165, 1.54) is 12.0 Å². The van der Waals surface area contributed by atoms with Crippen LogP contribution in [0.1, 0.15) is 16.7 Å². The van der Waals surface area contributed by atoms with Crippen LogP contribution >= 0.6 is 11.6 Å². The van der Waals surface area contributed by atoms with E-state index in [4.69, 9.17) is 21.1 Å². The molecule has 0 spiro atoms. The SMILES string of the molecule is COCCN(CC1Cc2ccccc2CN1C(=O)O)C(Cc1ccc(Cl)cc1)C(=O)OC. The maximum Gasteiger partial charge on any atom is 0.407 e. The van der Waals surface area contributed by atoms with Crippen LogP contribution in [0, 0.1) is 0 Å². The van der Waals surface area contributed by atoms with E-state index >= 15 is 0 Å². The number of carboxylic acid groups (broad SMARTS) is 1. The molecule has 1 amide bonds. The molecule has 0 bridgehead atoms. The number of carbonyl (C=O) groups excluding carboxylic acids is 1. The number of hydrogen-bond donors (Lipinski definition) is 1. The molecular weight excluding hydrogens is 432 g/mol. The standard InChI is InChI=1S/C24H29ClN2O5/c1-31-12-11-26(22(23(28)32-2)13-17-7-9-20(25)10-8-17)16-21-14-18-5-3-4-6-19(18)15-27(21)24(29)30/h3-10,21-22H,11-16H2,1-2H3,(H,29,30). The molecule has 0 radical (unpaired) electrons. The summed E-state index contributed by atoms with van der Waals surface area (Å²) in [6, 6.07) is 14.3. The molecule has 32 heavy (non-hydrogen) atoms. The van der Waals surface area contributed by atoms with E-state index in [-0.39, 0.29) is 12.0 Å². The second kappa shape index (κ2) is 11.3. The molecule has 0 saturated carbocycles. The number of esters is 1. The first-order valence-electron chi connectivity index (χ1n) is 10.5. The molecule has 1 heterocycles. The molecule has 0 saturated heterocycles. The zero-order valence-electron chi connectivity index (χ0n) is 18.4. The summed E-state index contributed by atoms with van der Waals surface area (Å²) in [7, 11) is 2.97. The van der Waals surface area contributed by atoms with Crippen LogP contribution in [-0.4, -0.2) is 73.0 Å². The summed E-state index contributed by atoms with van der Waals surface area (Å²) in [6.45, 7) is 1.59. The predicted octanol–water partition coefficient (Wildman–Crippen LogP) is 3.48. The number of methoxy groups -OCH3 is 2. The van der Waals surface area contributed by atoms with Crippen molar-refractivity contribution in [3.63, 3.8) is 0 Å². The highest BCUT2D eigenvalue weighted by molar-refractivity contribution is 6.30. The first-order valence-corrected chi connectivity index (χ1v) is 10.9. The largest absolute Gasteiger partial charge is 0.468 e. The summed E-state index contributed by atoms with van der Waals surface area (Å²) >= 11 is 6.01. The minimum atomic E-state index is -0.969. The Hall–Kier alpha value is -2.61. The van der Waals surface area contributed by atoms with Gasteiger partial charge in [-0.15, -0.1) is 0 Å². The van der Waals surface area contributed by atoms with Crippen LogP contribution < -0.4 is 0 Å². The highest BCUT2D eigenvalue weighted by Crippen LogP contribution is 2.25. The number of fused-ring (bicyclic) bond motifs is 1. The van der Waals surface area contributed by atoms with Crippen LogP contribution in [0.25, 0.3) is 0 Å². The van der Waals surface area contributed by atoms with E-state index in [9.17, 15) is 14.7 Å². The number of ether oxygens (including phenoxy) is 2. The topological polar surface area (TPSA) is 79.3 Å². The van der Waals surface area contributed by atoms with Crippen molar-refractivity contribution in [2.24, 2.45) is 0 Å². The average Bonchev–Trinajstić information content (AvgIpc) is 2.80. The molecule has 2 aromatic rings. The summed E-state index contributed by atoms with van der Waals surface area (Å²) in [4.78, 5) is 28.2. The van der Waals surface area contributed by atoms with Gasteiger partial charge in [-0.3, -0.25) is 14.6 Å². The maximum absolute atomic E-state index is 12.8. The summed E-state index contributed by atoms with van der Waals surface area (Å²) in [5, 5.41) is 10.5. The minimum Gasteiger partial charge on any atom is -0.468 e. The second-order valence-electron chi connectivity index (χ2n) is 7.89. The average molecular weight is 461 g/mol. The molecule has 0 aliphatic carbocycles. The Morgan fingerprint density at radius 1 is 1.16 bits per heavy atom. The highest BCUT2D eigenvalue weighted by Gasteiger charge is 2.35. The van der Waals surface area contributed by atoms with Gasteiger partial charge in [-0.1, -0.05) is 48.0 Å². The van der Waals surface area contributed by atoms with Gasteiger partial charge in [0, 0.05) is 31.8 Å². The molecule has 2 unspecified atom stereocenters. The van der Waals surface area contributed by atoms with Gasteiger partial charge in [-0.25, -0.2) is 4.79 Å². The van der Waals surface area contributed by atoms with E-state index in [2.05, 4.69) is 0 Å². The lowest BCUT2D eigenvalue weighted by atomic mass is 9.93. The quantitative estimate of drug-likeness (QED) is 0.577. The Labute approximate surface area is 193 Å².